The van der Waals surface area contributed by atoms with Crippen LogP contribution >= 0.6 is 0 Å². The van der Waals surface area contributed by atoms with Crippen molar-refractivity contribution in [2.24, 2.45) is 0 Å². The summed E-state index contributed by atoms with van der Waals surface area (Å²) in [6, 6.07) is 86.3. The topological polar surface area (TPSA) is 3.24 Å². The number of benzene rings is 11. The van der Waals surface area contributed by atoms with Gasteiger partial charge in [0.15, 0.2) is 0 Å². The van der Waals surface area contributed by atoms with Gasteiger partial charge in [0.2, 0.25) is 0 Å². The molecule has 59 heavy (non-hydrogen) atoms. The minimum atomic E-state index is 1.09. The molecule has 0 unspecified atom stereocenters. The largest absolute Gasteiger partial charge is 0.310 e. The lowest BCUT2D eigenvalue weighted by Gasteiger charge is -2.27. The van der Waals surface area contributed by atoms with Crippen LogP contribution in [0.5, 0.6) is 0 Å². The van der Waals surface area contributed by atoms with Crippen molar-refractivity contribution in [1.29, 1.82) is 0 Å². The van der Waals surface area contributed by atoms with E-state index in [-0.39, 0.29) is 0 Å². The smallest absolute Gasteiger partial charge is 0.0468 e. The number of fused-ring (bicyclic) bond motifs is 6. The second kappa shape index (κ2) is 14.6. The number of rotatable bonds is 7. The Kier molecular flexibility index (Phi) is 8.56. The van der Waals surface area contributed by atoms with Gasteiger partial charge in [0, 0.05) is 17.1 Å². The van der Waals surface area contributed by atoms with Gasteiger partial charge in [0.05, 0.1) is 0 Å². The molecule has 0 bridgehead atoms. The molecule has 0 saturated carbocycles. The number of anilines is 3. The van der Waals surface area contributed by atoms with E-state index in [2.05, 4.69) is 241 Å². The van der Waals surface area contributed by atoms with Gasteiger partial charge in [-0.05, 0) is 136 Å². The van der Waals surface area contributed by atoms with Crippen LogP contribution in [0.2, 0.25) is 0 Å². The fourth-order valence-corrected chi connectivity index (χ4v) is 8.86. The zero-order valence-corrected chi connectivity index (χ0v) is 32.5. The molecule has 0 heterocycles. The minimum Gasteiger partial charge on any atom is -0.310 e. The van der Waals surface area contributed by atoms with Crippen molar-refractivity contribution < 1.29 is 0 Å². The second-order valence-corrected chi connectivity index (χ2v) is 15.3. The quantitative estimate of drug-likeness (QED) is 0.147. The predicted molar refractivity (Wildman–Crippen MR) is 253 cm³/mol. The third-order valence-electron chi connectivity index (χ3n) is 11.8. The van der Waals surface area contributed by atoms with Crippen molar-refractivity contribution in [2.45, 2.75) is 0 Å². The molecule has 11 rings (SSSR count). The average Bonchev–Trinajstić information content (AvgIpc) is 3.32. The molecule has 11 aromatic carbocycles. The Balaban J connectivity index is 1.06. The third-order valence-corrected chi connectivity index (χ3v) is 11.8. The lowest BCUT2D eigenvalue weighted by Crippen LogP contribution is -2.10. The van der Waals surface area contributed by atoms with Gasteiger partial charge in [-0.2, -0.15) is 0 Å². The van der Waals surface area contributed by atoms with Crippen molar-refractivity contribution in [1.82, 2.24) is 0 Å². The lowest BCUT2D eigenvalue weighted by atomic mass is 9.90. The summed E-state index contributed by atoms with van der Waals surface area (Å²) in [5.41, 5.74) is 12.8. The minimum absolute atomic E-state index is 1.09. The third kappa shape index (κ3) is 6.40. The maximum Gasteiger partial charge on any atom is 0.0468 e. The fourth-order valence-electron chi connectivity index (χ4n) is 8.86. The summed E-state index contributed by atoms with van der Waals surface area (Å²) < 4.78 is 0. The van der Waals surface area contributed by atoms with Gasteiger partial charge in [-0.15, -0.1) is 0 Å². The molecule has 1 nitrogen and oxygen atoms in total. The molecule has 0 aliphatic rings. The highest BCUT2D eigenvalue weighted by Crippen LogP contribution is 2.43. The van der Waals surface area contributed by atoms with Crippen LogP contribution in [-0.2, 0) is 0 Å². The fraction of sp³-hybridized carbons (Fsp3) is 0. The summed E-state index contributed by atoms with van der Waals surface area (Å²) >= 11 is 0. The predicted octanol–water partition coefficient (Wildman–Crippen LogP) is 16.4. The highest BCUT2D eigenvalue weighted by molar-refractivity contribution is 6.20. The summed E-state index contributed by atoms with van der Waals surface area (Å²) in [4.78, 5) is 2.39. The van der Waals surface area contributed by atoms with Crippen LogP contribution in [0.25, 0.3) is 87.6 Å². The highest BCUT2D eigenvalue weighted by atomic mass is 15.1. The Bertz CT molecular complexity index is 3310. The Morgan fingerprint density at radius 1 is 0.220 bits per heavy atom. The Morgan fingerprint density at radius 2 is 0.746 bits per heavy atom. The Hall–Kier alpha value is -7.74. The molecular weight excluding hydrogens is 711 g/mol. The van der Waals surface area contributed by atoms with E-state index in [1.807, 2.05) is 0 Å². The van der Waals surface area contributed by atoms with E-state index in [0.29, 0.717) is 0 Å². The van der Waals surface area contributed by atoms with Crippen LogP contribution in [0.4, 0.5) is 17.1 Å². The first-order chi connectivity index (χ1) is 29.2. The molecule has 11 aromatic rings. The van der Waals surface area contributed by atoms with Crippen LogP contribution in [0.15, 0.2) is 237 Å². The summed E-state index contributed by atoms with van der Waals surface area (Å²) in [7, 11) is 0. The molecule has 0 saturated heterocycles. The van der Waals surface area contributed by atoms with E-state index >= 15 is 0 Å². The maximum atomic E-state index is 2.39. The molecule has 0 atom stereocenters. The first-order valence-corrected chi connectivity index (χ1v) is 20.3. The average molecular weight is 750 g/mol. The van der Waals surface area contributed by atoms with Gasteiger partial charge in [-0.3, -0.25) is 0 Å². The number of hydrogen-bond acceptors (Lipinski definition) is 1. The van der Waals surface area contributed by atoms with Gasteiger partial charge in [-0.25, -0.2) is 0 Å². The van der Waals surface area contributed by atoms with Gasteiger partial charge < -0.3 is 4.90 Å². The van der Waals surface area contributed by atoms with E-state index in [4.69, 9.17) is 0 Å². The molecule has 0 radical (unpaired) electrons. The maximum absolute atomic E-state index is 2.39. The molecule has 0 fully saturated rings. The first-order valence-electron chi connectivity index (χ1n) is 20.3. The van der Waals surface area contributed by atoms with Gasteiger partial charge >= 0.3 is 0 Å². The SMILES string of the molecule is c1ccc(-c2cccc(N(c3ccc(-c4ccc5ccccc5c4)cc3)c3ccc(-c4ccc5c(ccc6ccc7ccccc7c65)c4)c(-c4ccccc4)c3)c2)cc1. The van der Waals surface area contributed by atoms with Crippen LogP contribution in [-0.4, -0.2) is 0 Å². The van der Waals surface area contributed by atoms with Crippen LogP contribution in [0.3, 0.4) is 0 Å². The van der Waals surface area contributed by atoms with Crippen molar-refractivity contribution in [3.8, 4) is 44.5 Å². The molecular formula is C58H39N. The standard InChI is InChI=1S/C58H39N/c1-3-12-40(13-4-1)47-19-11-20-52(38-47)59(51-31-28-42(29-32-51)48-26-22-41-14-7-8-18-46(41)36-48)53-33-35-54(57(39-53)43-15-5-2-6-16-43)49-30-34-56-50(37-49)27-25-45-24-23-44-17-9-10-21-55(44)58(45)56/h1-39H. The summed E-state index contributed by atoms with van der Waals surface area (Å²) in [5, 5.41) is 10.1. The molecule has 0 aromatic heterocycles. The number of hydrogen-bond donors (Lipinski definition) is 0. The van der Waals surface area contributed by atoms with E-state index in [0.717, 1.165) is 17.1 Å². The highest BCUT2D eigenvalue weighted by Gasteiger charge is 2.18. The molecule has 0 spiro atoms. The van der Waals surface area contributed by atoms with E-state index in [9.17, 15) is 0 Å². The van der Waals surface area contributed by atoms with Gasteiger partial charge in [-0.1, -0.05) is 188 Å². The lowest BCUT2D eigenvalue weighted by molar-refractivity contribution is 1.28. The van der Waals surface area contributed by atoms with Crippen LogP contribution < -0.4 is 4.90 Å². The zero-order valence-electron chi connectivity index (χ0n) is 32.5. The Morgan fingerprint density at radius 3 is 1.56 bits per heavy atom. The second-order valence-electron chi connectivity index (χ2n) is 15.3. The van der Waals surface area contributed by atoms with Gasteiger partial charge in [0.25, 0.3) is 0 Å². The summed E-state index contributed by atoms with van der Waals surface area (Å²) in [6.45, 7) is 0. The van der Waals surface area contributed by atoms with E-state index in [1.165, 1.54) is 87.6 Å². The van der Waals surface area contributed by atoms with Crippen molar-refractivity contribution in [3.63, 3.8) is 0 Å². The van der Waals surface area contributed by atoms with E-state index < -0.39 is 0 Å². The monoisotopic (exact) mass is 749 g/mol. The van der Waals surface area contributed by atoms with Crippen molar-refractivity contribution >= 4 is 60.2 Å². The van der Waals surface area contributed by atoms with E-state index in [1.54, 1.807) is 0 Å². The molecule has 0 amide bonds. The normalized spacial score (nSPS) is 11.4. The Labute approximate surface area is 344 Å². The summed E-state index contributed by atoms with van der Waals surface area (Å²) in [6.07, 6.45) is 0. The summed E-state index contributed by atoms with van der Waals surface area (Å²) in [5.74, 6) is 0. The number of nitrogens with zero attached hydrogens (tertiary/aromatic N) is 1. The van der Waals surface area contributed by atoms with Crippen molar-refractivity contribution in [3.05, 3.63) is 237 Å². The van der Waals surface area contributed by atoms with Crippen LogP contribution in [0.1, 0.15) is 0 Å². The first kappa shape index (κ1) is 34.5. The van der Waals surface area contributed by atoms with Crippen LogP contribution in [0, 0.1) is 0 Å². The molecule has 276 valence electrons. The zero-order chi connectivity index (χ0) is 39.1. The van der Waals surface area contributed by atoms with Crippen molar-refractivity contribution in [2.75, 3.05) is 4.90 Å². The molecule has 0 aliphatic heterocycles. The van der Waals surface area contributed by atoms with Gasteiger partial charge in [0.1, 0.15) is 0 Å². The molecule has 0 aliphatic carbocycles. The molecule has 1 heteroatoms. The molecule has 0 N–H and O–H groups in total.